The lowest BCUT2D eigenvalue weighted by Gasteiger charge is -2.36. The molecule has 2 aromatic rings. The lowest BCUT2D eigenvalue weighted by molar-refractivity contribution is 0.125. The molecule has 6 heteroatoms. The fraction of sp³-hybridized carbons (Fsp3) is 0.444. The van der Waals surface area contributed by atoms with Crippen LogP contribution in [0, 0.1) is 6.92 Å². The van der Waals surface area contributed by atoms with Crippen molar-refractivity contribution < 1.29 is 9.53 Å². The molecule has 5 nitrogen and oxygen atoms in total. The molecule has 0 aliphatic heterocycles. The predicted octanol–water partition coefficient (Wildman–Crippen LogP) is 3.04. The minimum absolute atomic E-state index is 0.216. The first-order valence-electron chi connectivity index (χ1n) is 8.30. The molecule has 1 amide bonds. The number of alkyl carbamates (subject to hydrolysis) is 1. The van der Waals surface area contributed by atoms with Crippen molar-refractivity contribution in [1.82, 2.24) is 15.6 Å². The zero-order chi connectivity index (χ0) is 16.8. The average Bonchev–Trinajstić information content (AvgIpc) is 2.97. The van der Waals surface area contributed by atoms with Crippen LogP contribution in [0.3, 0.4) is 0 Å². The van der Waals surface area contributed by atoms with Crippen molar-refractivity contribution in [3.8, 4) is 0 Å². The van der Waals surface area contributed by atoms with Gasteiger partial charge in [0.25, 0.3) is 0 Å². The maximum absolute atomic E-state index is 11.8. The number of aromatic nitrogens is 1. The molecular formula is C18H23N3O2S. The number of amides is 1. The van der Waals surface area contributed by atoms with E-state index in [9.17, 15) is 4.79 Å². The molecule has 128 valence electrons. The molecular weight excluding hydrogens is 322 g/mol. The van der Waals surface area contributed by atoms with Gasteiger partial charge in [0.2, 0.25) is 0 Å². The normalized spacial score (nSPS) is 19.5. The molecule has 24 heavy (non-hydrogen) atoms. The molecule has 2 N–H and O–H groups in total. The van der Waals surface area contributed by atoms with Gasteiger partial charge in [0.15, 0.2) is 0 Å². The molecule has 1 fully saturated rings. The second kappa shape index (κ2) is 8.26. The second-order valence-electron chi connectivity index (χ2n) is 6.16. The van der Waals surface area contributed by atoms with Gasteiger partial charge in [0.1, 0.15) is 6.61 Å². The van der Waals surface area contributed by atoms with E-state index in [1.165, 1.54) is 5.01 Å². The molecule has 1 heterocycles. The average molecular weight is 345 g/mol. The molecule has 1 aromatic heterocycles. The molecule has 0 saturated heterocycles. The highest BCUT2D eigenvalue weighted by molar-refractivity contribution is 7.09. The molecule has 1 aromatic carbocycles. The van der Waals surface area contributed by atoms with E-state index in [4.69, 9.17) is 4.74 Å². The largest absolute Gasteiger partial charge is 0.445 e. The molecule has 1 aliphatic carbocycles. The van der Waals surface area contributed by atoms with Gasteiger partial charge in [-0.25, -0.2) is 9.78 Å². The van der Waals surface area contributed by atoms with Crippen molar-refractivity contribution in [2.75, 3.05) is 6.54 Å². The minimum Gasteiger partial charge on any atom is -0.445 e. The number of hydrogen-bond donors (Lipinski definition) is 2. The van der Waals surface area contributed by atoms with Crippen LogP contribution in [0.15, 0.2) is 35.7 Å². The van der Waals surface area contributed by atoms with Crippen molar-refractivity contribution in [1.29, 1.82) is 0 Å². The van der Waals surface area contributed by atoms with Crippen molar-refractivity contribution >= 4 is 17.4 Å². The Morgan fingerprint density at radius 1 is 1.29 bits per heavy atom. The molecule has 0 radical (unpaired) electrons. The van der Waals surface area contributed by atoms with Gasteiger partial charge in [-0.05, 0) is 25.3 Å². The van der Waals surface area contributed by atoms with Crippen LogP contribution in [-0.2, 0) is 17.8 Å². The third kappa shape index (κ3) is 5.04. The molecule has 1 saturated carbocycles. The minimum atomic E-state index is -0.333. The summed E-state index contributed by atoms with van der Waals surface area (Å²) >= 11 is 1.71. The van der Waals surface area contributed by atoms with Crippen LogP contribution in [0.5, 0.6) is 0 Å². The Hall–Kier alpha value is -1.92. The highest BCUT2D eigenvalue weighted by Gasteiger charge is 2.30. The molecule has 3 rings (SSSR count). The lowest BCUT2D eigenvalue weighted by Crippen LogP contribution is -2.52. The number of nitrogens with zero attached hydrogens (tertiary/aromatic N) is 1. The molecule has 0 bridgehead atoms. The first kappa shape index (κ1) is 16.9. The van der Waals surface area contributed by atoms with Crippen LogP contribution in [0.1, 0.15) is 29.1 Å². The van der Waals surface area contributed by atoms with E-state index in [0.717, 1.165) is 37.1 Å². The van der Waals surface area contributed by atoms with Gasteiger partial charge >= 0.3 is 6.09 Å². The van der Waals surface area contributed by atoms with Crippen LogP contribution >= 0.6 is 11.3 Å². The number of hydrogen-bond acceptors (Lipinski definition) is 5. The fourth-order valence-corrected chi connectivity index (χ4v) is 3.51. The first-order chi connectivity index (χ1) is 11.7. The van der Waals surface area contributed by atoms with Crippen LogP contribution in [0.25, 0.3) is 0 Å². The Balaban J connectivity index is 1.26. The van der Waals surface area contributed by atoms with E-state index in [2.05, 4.69) is 21.0 Å². The summed E-state index contributed by atoms with van der Waals surface area (Å²) in [5, 5.41) is 9.69. The van der Waals surface area contributed by atoms with E-state index in [0.29, 0.717) is 12.6 Å². The van der Waals surface area contributed by atoms with Crippen molar-refractivity contribution in [2.45, 2.75) is 44.9 Å². The van der Waals surface area contributed by atoms with Crippen molar-refractivity contribution in [3.05, 3.63) is 52.0 Å². The number of thiazole rings is 1. The predicted molar refractivity (Wildman–Crippen MR) is 95.1 cm³/mol. The highest BCUT2D eigenvalue weighted by Crippen LogP contribution is 2.20. The highest BCUT2D eigenvalue weighted by atomic mass is 32.1. The smallest absolute Gasteiger partial charge is 0.407 e. The third-order valence-corrected chi connectivity index (χ3v) is 5.14. The van der Waals surface area contributed by atoms with Crippen LogP contribution in [0.2, 0.25) is 0 Å². The topological polar surface area (TPSA) is 63.2 Å². The Morgan fingerprint density at radius 3 is 2.79 bits per heavy atom. The summed E-state index contributed by atoms with van der Waals surface area (Å²) in [6.45, 7) is 3.27. The van der Waals surface area contributed by atoms with E-state index < -0.39 is 0 Å². The number of aryl methyl sites for hydroxylation is 1. The van der Waals surface area contributed by atoms with Crippen LogP contribution < -0.4 is 10.6 Å². The fourth-order valence-electron chi connectivity index (χ4n) is 2.73. The Morgan fingerprint density at radius 2 is 2.08 bits per heavy atom. The Labute approximate surface area is 146 Å². The monoisotopic (exact) mass is 345 g/mol. The maximum atomic E-state index is 11.8. The van der Waals surface area contributed by atoms with Gasteiger partial charge in [0, 0.05) is 36.1 Å². The van der Waals surface area contributed by atoms with Gasteiger partial charge in [-0.3, -0.25) is 0 Å². The lowest BCUT2D eigenvalue weighted by atomic mass is 9.87. The number of rotatable bonds is 7. The number of ether oxygens (including phenoxy) is 1. The number of carbonyl (C=O) groups excluding carboxylic acids is 1. The van der Waals surface area contributed by atoms with Gasteiger partial charge in [0.05, 0.1) is 5.01 Å². The zero-order valence-corrected chi connectivity index (χ0v) is 14.6. The maximum Gasteiger partial charge on any atom is 0.407 e. The SMILES string of the molecule is Cc1csc(CCNC2CC(NC(=O)OCc3ccccc3)C2)n1. The Kier molecular flexibility index (Phi) is 5.82. The summed E-state index contributed by atoms with van der Waals surface area (Å²) in [4.78, 5) is 16.2. The van der Waals surface area contributed by atoms with Gasteiger partial charge in [-0.1, -0.05) is 30.3 Å². The zero-order valence-electron chi connectivity index (χ0n) is 13.8. The van der Waals surface area contributed by atoms with Crippen LogP contribution in [0.4, 0.5) is 4.79 Å². The molecule has 0 atom stereocenters. The number of nitrogens with one attached hydrogen (secondary N) is 2. The standard InChI is InChI=1S/C18H23N3O2S/c1-13-12-24-17(20-13)7-8-19-15-9-16(10-15)21-18(22)23-11-14-5-3-2-4-6-14/h2-6,12,15-16,19H,7-11H2,1H3,(H,21,22). The van der Waals surface area contributed by atoms with Crippen LogP contribution in [-0.4, -0.2) is 29.7 Å². The first-order valence-corrected chi connectivity index (χ1v) is 9.18. The van der Waals surface area contributed by atoms with Crippen molar-refractivity contribution in [3.63, 3.8) is 0 Å². The van der Waals surface area contributed by atoms with Gasteiger partial charge < -0.3 is 15.4 Å². The summed E-state index contributed by atoms with van der Waals surface area (Å²) < 4.78 is 5.23. The van der Waals surface area contributed by atoms with E-state index in [1.54, 1.807) is 11.3 Å². The van der Waals surface area contributed by atoms with Gasteiger partial charge in [-0.15, -0.1) is 11.3 Å². The number of benzene rings is 1. The summed E-state index contributed by atoms with van der Waals surface area (Å²) in [7, 11) is 0. The molecule has 0 unspecified atom stereocenters. The summed E-state index contributed by atoms with van der Waals surface area (Å²) in [6, 6.07) is 10.4. The van der Waals surface area contributed by atoms with Crippen molar-refractivity contribution in [2.24, 2.45) is 0 Å². The second-order valence-corrected chi connectivity index (χ2v) is 7.10. The quantitative estimate of drug-likeness (QED) is 0.810. The summed E-state index contributed by atoms with van der Waals surface area (Å²) in [6.07, 6.45) is 2.54. The Bertz CT molecular complexity index is 653. The van der Waals surface area contributed by atoms with E-state index >= 15 is 0 Å². The molecule has 1 aliphatic rings. The summed E-state index contributed by atoms with van der Waals surface area (Å²) in [5.74, 6) is 0. The number of carbonyl (C=O) groups is 1. The van der Waals surface area contributed by atoms with E-state index in [-0.39, 0.29) is 12.1 Å². The molecule has 0 spiro atoms. The summed E-state index contributed by atoms with van der Waals surface area (Å²) in [5.41, 5.74) is 2.09. The van der Waals surface area contributed by atoms with E-state index in [1.807, 2.05) is 37.3 Å². The third-order valence-electron chi connectivity index (χ3n) is 4.11. The van der Waals surface area contributed by atoms with Gasteiger partial charge in [-0.2, -0.15) is 0 Å².